The zero-order valence-electron chi connectivity index (χ0n) is 10.6. The largest absolute Gasteiger partial charge is 0.465 e. The van der Waals surface area contributed by atoms with Gasteiger partial charge in [-0.1, -0.05) is 43.0 Å². The molecule has 106 valence electrons. The van der Waals surface area contributed by atoms with E-state index in [2.05, 4.69) is 0 Å². The summed E-state index contributed by atoms with van der Waals surface area (Å²) in [5.41, 5.74) is 0.328. The van der Waals surface area contributed by atoms with E-state index in [1.54, 1.807) is 6.07 Å². The molecule has 0 heterocycles. The van der Waals surface area contributed by atoms with E-state index in [0.717, 1.165) is 17.7 Å². The highest BCUT2D eigenvalue weighted by molar-refractivity contribution is 6.36. The van der Waals surface area contributed by atoms with Crippen molar-refractivity contribution in [3.05, 3.63) is 28.2 Å². The number of amides is 1. The van der Waals surface area contributed by atoms with Gasteiger partial charge in [0, 0.05) is 5.02 Å². The monoisotopic (exact) mass is 305 g/mol. The fraction of sp³-hybridized carbons (Fsp3) is 0.462. The number of halogens is 2. The summed E-state index contributed by atoms with van der Waals surface area (Å²) >= 11 is 11.8. The molecular formula is C13H17Cl2NO3. The molecule has 0 spiro atoms. The van der Waals surface area contributed by atoms with Crippen LogP contribution in [0.15, 0.2) is 18.2 Å². The lowest BCUT2D eigenvalue weighted by Crippen LogP contribution is -2.36. The Morgan fingerprint density at radius 3 is 2.63 bits per heavy atom. The van der Waals surface area contributed by atoms with E-state index in [1.165, 1.54) is 12.1 Å². The molecule has 2 N–H and O–H groups in total. The predicted molar refractivity (Wildman–Crippen MR) is 77.4 cm³/mol. The van der Waals surface area contributed by atoms with Crippen LogP contribution < -0.4 is 4.90 Å². The maximum absolute atomic E-state index is 11.3. The standard InChI is InChI=1S/C13H17Cl2NO3/c1-2-3-4-10(17)8-16(13(18)19)12-6-5-9(14)7-11(12)15/h5-7,10,17H,2-4,8H2,1H3,(H,18,19)/t10-/m1/s1. The Hall–Kier alpha value is -0.970. The summed E-state index contributed by atoms with van der Waals surface area (Å²) < 4.78 is 0. The van der Waals surface area contributed by atoms with E-state index in [0.29, 0.717) is 17.1 Å². The van der Waals surface area contributed by atoms with E-state index in [-0.39, 0.29) is 11.6 Å². The minimum absolute atomic E-state index is 0.00329. The Morgan fingerprint density at radius 1 is 1.42 bits per heavy atom. The number of carboxylic acid groups (broad SMARTS) is 1. The second-order valence-corrected chi connectivity index (χ2v) is 5.13. The normalized spacial score (nSPS) is 12.2. The first kappa shape index (κ1) is 16.1. The third-order valence-electron chi connectivity index (χ3n) is 2.72. The lowest BCUT2D eigenvalue weighted by atomic mass is 10.1. The van der Waals surface area contributed by atoms with E-state index in [4.69, 9.17) is 23.2 Å². The molecule has 0 saturated carbocycles. The summed E-state index contributed by atoms with van der Waals surface area (Å²) in [5, 5.41) is 19.7. The molecule has 0 aliphatic carbocycles. The minimum Gasteiger partial charge on any atom is -0.465 e. The summed E-state index contributed by atoms with van der Waals surface area (Å²) in [7, 11) is 0. The third-order valence-corrected chi connectivity index (χ3v) is 3.25. The van der Waals surface area contributed by atoms with Gasteiger partial charge in [0.05, 0.1) is 23.4 Å². The van der Waals surface area contributed by atoms with Crippen molar-refractivity contribution < 1.29 is 15.0 Å². The van der Waals surface area contributed by atoms with Crippen molar-refractivity contribution in [1.82, 2.24) is 0 Å². The minimum atomic E-state index is -1.15. The second kappa shape index (κ2) is 7.58. The van der Waals surface area contributed by atoms with Crippen LogP contribution in [-0.4, -0.2) is 29.0 Å². The molecule has 0 aromatic heterocycles. The van der Waals surface area contributed by atoms with Crippen LogP contribution in [0.25, 0.3) is 0 Å². The molecule has 0 saturated heterocycles. The zero-order chi connectivity index (χ0) is 14.4. The van der Waals surface area contributed by atoms with E-state index in [1.807, 2.05) is 6.92 Å². The van der Waals surface area contributed by atoms with Crippen LogP contribution in [0.4, 0.5) is 10.5 Å². The second-order valence-electron chi connectivity index (χ2n) is 4.28. The molecule has 0 aliphatic rings. The average molecular weight is 306 g/mol. The van der Waals surface area contributed by atoms with Gasteiger partial charge in [-0.2, -0.15) is 0 Å². The van der Waals surface area contributed by atoms with Gasteiger partial charge in [0.2, 0.25) is 0 Å². The molecule has 0 fully saturated rings. The van der Waals surface area contributed by atoms with Crippen LogP contribution in [-0.2, 0) is 0 Å². The SMILES string of the molecule is CCCC[C@@H](O)CN(C(=O)O)c1ccc(Cl)cc1Cl. The van der Waals surface area contributed by atoms with Crippen molar-refractivity contribution in [3.63, 3.8) is 0 Å². The molecule has 1 aromatic rings. The van der Waals surface area contributed by atoms with Gasteiger partial charge in [-0.3, -0.25) is 4.90 Å². The smallest absolute Gasteiger partial charge is 0.411 e. The molecule has 0 bridgehead atoms. The Bertz CT molecular complexity index is 440. The maximum Gasteiger partial charge on any atom is 0.411 e. The summed E-state index contributed by atoms with van der Waals surface area (Å²) in [5.74, 6) is 0. The fourth-order valence-electron chi connectivity index (χ4n) is 1.72. The van der Waals surface area contributed by atoms with Crippen molar-refractivity contribution >= 4 is 35.0 Å². The van der Waals surface area contributed by atoms with Crippen molar-refractivity contribution in [1.29, 1.82) is 0 Å². The fourth-order valence-corrected chi connectivity index (χ4v) is 2.23. The van der Waals surface area contributed by atoms with Crippen LogP contribution in [0.2, 0.25) is 10.0 Å². The number of carbonyl (C=O) groups is 1. The zero-order valence-corrected chi connectivity index (χ0v) is 12.2. The first-order chi connectivity index (χ1) is 8.95. The molecule has 1 amide bonds. The van der Waals surface area contributed by atoms with Gasteiger partial charge in [0.1, 0.15) is 0 Å². The molecule has 0 radical (unpaired) electrons. The van der Waals surface area contributed by atoms with Gasteiger partial charge in [0.15, 0.2) is 0 Å². The Labute approximate surface area is 122 Å². The molecule has 0 aliphatic heterocycles. The van der Waals surface area contributed by atoms with Crippen molar-refractivity contribution in [2.75, 3.05) is 11.4 Å². The quantitative estimate of drug-likeness (QED) is 0.834. The highest BCUT2D eigenvalue weighted by atomic mass is 35.5. The molecule has 4 nitrogen and oxygen atoms in total. The van der Waals surface area contributed by atoms with Crippen LogP contribution in [0.1, 0.15) is 26.2 Å². The molecule has 1 atom stereocenters. The number of unbranched alkanes of at least 4 members (excludes halogenated alkanes) is 1. The van der Waals surface area contributed by atoms with Crippen LogP contribution in [0, 0.1) is 0 Å². The van der Waals surface area contributed by atoms with Gasteiger partial charge in [-0.15, -0.1) is 0 Å². The highest BCUT2D eigenvalue weighted by Gasteiger charge is 2.20. The third kappa shape index (κ3) is 4.90. The molecule has 19 heavy (non-hydrogen) atoms. The number of anilines is 1. The molecular weight excluding hydrogens is 289 g/mol. The van der Waals surface area contributed by atoms with Crippen LogP contribution in [0.5, 0.6) is 0 Å². The van der Waals surface area contributed by atoms with Gasteiger partial charge in [0.25, 0.3) is 0 Å². The van der Waals surface area contributed by atoms with E-state index < -0.39 is 12.2 Å². The summed E-state index contributed by atoms with van der Waals surface area (Å²) in [6.07, 6.45) is 0.503. The average Bonchev–Trinajstić information content (AvgIpc) is 2.34. The molecule has 6 heteroatoms. The number of benzene rings is 1. The summed E-state index contributed by atoms with van der Waals surface area (Å²) in [6, 6.07) is 4.58. The summed E-state index contributed by atoms with van der Waals surface area (Å²) in [4.78, 5) is 12.3. The van der Waals surface area contributed by atoms with E-state index in [9.17, 15) is 15.0 Å². The van der Waals surface area contributed by atoms with Crippen molar-refractivity contribution in [3.8, 4) is 0 Å². The number of hydrogen-bond acceptors (Lipinski definition) is 2. The maximum atomic E-state index is 11.3. The number of nitrogens with zero attached hydrogens (tertiary/aromatic N) is 1. The van der Waals surface area contributed by atoms with Gasteiger partial charge < -0.3 is 10.2 Å². The first-order valence-electron chi connectivity index (χ1n) is 6.09. The Morgan fingerprint density at radius 2 is 2.11 bits per heavy atom. The summed E-state index contributed by atoms with van der Waals surface area (Å²) in [6.45, 7) is 2.01. The van der Waals surface area contributed by atoms with Crippen LogP contribution in [0.3, 0.4) is 0 Å². The lowest BCUT2D eigenvalue weighted by Gasteiger charge is -2.23. The Balaban J connectivity index is 2.85. The highest BCUT2D eigenvalue weighted by Crippen LogP contribution is 2.29. The topological polar surface area (TPSA) is 60.8 Å². The number of aliphatic hydroxyl groups excluding tert-OH is 1. The lowest BCUT2D eigenvalue weighted by molar-refractivity contribution is 0.158. The van der Waals surface area contributed by atoms with Gasteiger partial charge in [-0.05, 0) is 24.6 Å². The Kier molecular flexibility index (Phi) is 6.42. The van der Waals surface area contributed by atoms with Gasteiger partial charge >= 0.3 is 6.09 Å². The number of aliphatic hydroxyl groups is 1. The van der Waals surface area contributed by atoms with E-state index >= 15 is 0 Å². The number of rotatable bonds is 6. The first-order valence-corrected chi connectivity index (χ1v) is 6.84. The van der Waals surface area contributed by atoms with Crippen molar-refractivity contribution in [2.24, 2.45) is 0 Å². The number of hydrogen-bond donors (Lipinski definition) is 2. The van der Waals surface area contributed by atoms with Crippen molar-refractivity contribution in [2.45, 2.75) is 32.3 Å². The molecule has 0 unspecified atom stereocenters. The molecule has 1 rings (SSSR count). The van der Waals surface area contributed by atoms with Gasteiger partial charge in [-0.25, -0.2) is 4.79 Å². The molecule has 1 aromatic carbocycles. The van der Waals surface area contributed by atoms with Crippen LogP contribution >= 0.6 is 23.2 Å². The predicted octanol–water partition coefficient (Wildman–Crippen LogP) is 4.03.